The van der Waals surface area contributed by atoms with Crippen molar-refractivity contribution in [3.05, 3.63) is 75.8 Å². The van der Waals surface area contributed by atoms with Crippen LogP contribution in [0, 0.1) is 6.92 Å². The first-order chi connectivity index (χ1) is 20.7. The van der Waals surface area contributed by atoms with Crippen molar-refractivity contribution in [1.29, 1.82) is 0 Å². The lowest BCUT2D eigenvalue weighted by Gasteiger charge is -2.39. The number of aromatic nitrogens is 1. The quantitative estimate of drug-likeness (QED) is 0.284. The molecule has 1 aromatic heterocycles. The van der Waals surface area contributed by atoms with Gasteiger partial charge < -0.3 is 15.0 Å². The number of aryl methyl sites for hydroxylation is 2. The minimum Gasteiger partial charge on any atom is -0.456 e. The summed E-state index contributed by atoms with van der Waals surface area (Å²) >= 11 is 1.19. The highest BCUT2D eigenvalue weighted by Crippen LogP contribution is 2.31. The van der Waals surface area contributed by atoms with Gasteiger partial charge in [0.15, 0.2) is 5.13 Å². The predicted octanol–water partition coefficient (Wildman–Crippen LogP) is 5.68. The van der Waals surface area contributed by atoms with E-state index in [1.165, 1.54) is 21.2 Å². The van der Waals surface area contributed by atoms with Crippen LogP contribution in [0.2, 0.25) is 0 Å². The number of anilines is 1. The number of sulfonamides is 1. The molecule has 4 rings (SSSR count). The van der Waals surface area contributed by atoms with Crippen LogP contribution in [0.3, 0.4) is 0 Å². The molecule has 1 saturated heterocycles. The maximum Gasteiger partial charge on any atom is 0.350 e. The number of ether oxygens (including phenoxy) is 1. The molecule has 1 aliphatic heterocycles. The van der Waals surface area contributed by atoms with Crippen LogP contribution in [-0.4, -0.2) is 60.9 Å². The van der Waals surface area contributed by atoms with Crippen LogP contribution in [0.1, 0.15) is 85.9 Å². The van der Waals surface area contributed by atoms with Gasteiger partial charge in [-0.15, -0.1) is 0 Å². The van der Waals surface area contributed by atoms with Crippen LogP contribution in [-0.2, 0) is 32.5 Å². The van der Waals surface area contributed by atoms with Gasteiger partial charge >= 0.3 is 5.97 Å². The second-order valence-electron chi connectivity index (χ2n) is 12.5. The number of hydrogen-bond acceptors (Lipinski definition) is 8. The van der Waals surface area contributed by atoms with E-state index < -0.39 is 33.5 Å². The van der Waals surface area contributed by atoms with Crippen molar-refractivity contribution in [2.45, 2.75) is 90.3 Å². The van der Waals surface area contributed by atoms with Gasteiger partial charge in [0.1, 0.15) is 16.5 Å². The van der Waals surface area contributed by atoms with Crippen molar-refractivity contribution in [1.82, 2.24) is 14.6 Å². The maximum absolute atomic E-state index is 13.9. The Bertz CT molecular complexity index is 1560. The summed E-state index contributed by atoms with van der Waals surface area (Å²) < 4.78 is 34.7. The molecule has 44 heavy (non-hydrogen) atoms. The average Bonchev–Trinajstić information content (AvgIpc) is 3.37. The summed E-state index contributed by atoms with van der Waals surface area (Å²) in [6.07, 6.45) is 1.82. The molecular weight excluding hydrogens is 597 g/mol. The lowest BCUT2D eigenvalue weighted by Crippen LogP contribution is -2.60. The zero-order valence-electron chi connectivity index (χ0n) is 26.7. The Morgan fingerprint density at radius 2 is 1.68 bits per heavy atom. The number of hydrogen-bond donors (Lipinski definition) is 1. The fourth-order valence-corrected chi connectivity index (χ4v) is 7.60. The topological polar surface area (TPSA) is 109 Å². The minimum absolute atomic E-state index is 0.0839. The normalized spacial score (nSPS) is 16.3. The Labute approximate surface area is 265 Å². The summed E-state index contributed by atoms with van der Waals surface area (Å²) in [4.78, 5) is 33.6. The number of piperazine rings is 1. The van der Waals surface area contributed by atoms with E-state index >= 15 is 0 Å². The fraction of sp³-hybridized carbons (Fsp3) is 0.485. The summed E-state index contributed by atoms with van der Waals surface area (Å²) in [5.74, 6) is -0.453. The third kappa shape index (κ3) is 8.05. The third-order valence-corrected chi connectivity index (χ3v) is 10.6. The van der Waals surface area contributed by atoms with E-state index in [-0.39, 0.29) is 24.5 Å². The highest BCUT2D eigenvalue weighted by molar-refractivity contribution is 7.89. The number of carbonyl (C=O) groups excluding carboxylic acids is 2. The van der Waals surface area contributed by atoms with Gasteiger partial charge in [-0.3, -0.25) is 4.79 Å². The number of benzene rings is 2. The van der Waals surface area contributed by atoms with Crippen molar-refractivity contribution in [2.24, 2.45) is 0 Å². The molecule has 0 bridgehead atoms. The van der Waals surface area contributed by atoms with Gasteiger partial charge in [0.2, 0.25) is 15.9 Å². The first kappa shape index (κ1) is 33.6. The summed E-state index contributed by atoms with van der Waals surface area (Å²) in [6.45, 7) is 14.2. The number of thiazole rings is 1. The maximum atomic E-state index is 13.9. The van der Waals surface area contributed by atoms with Crippen LogP contribution in [0.15, 0.2) is 53.4 Å². The van der Waals surface area contributed by atoms with E-state index in [2.05, 4.69) is 31.1 Å². The van der Waals surface area contributed by atoms with Gasteiger partial charge in [0, 0.05) is 26.2 Å². The Hall–Kier alpha value is -3.28. The summed E-state index contributed by atoms with van der Waals surface area (Å²) in [6, 6.07) is 13.9. The molecule has 0 unspecified atom stereocenters. The monoisotopic (exact) mass is 640 g/mol. The van der Waals surface area contributed by atoms with E-state index in [4.69, 9.17) is 4.74 Å². The molecule has 1 N–H and O–H groups in total. The Balaban J connectivity index is 1.60. The Morgan fingerprint density at radius 1 is 1.05 bits per heavy atom. The van der Waals surface area contributed by atoms with Gasteiger partial charge in [0.25, 0.3) is 0 Å². The largest absolute Gasteiger partial charge is 0.456 e. The Kier molecular flexibility index (Phi) is 10.5. The van der Waals surface area contributed by atoms with E-state index in [1.54, 1.807) is 39.8 Å². The lowest BCUT2D eigenvalue weighted by molar-refractivity contribution is -0.125. The predicted molar refractivity (Wildman–Crippen MR) is 175 cm³/mol. The van der Waals surface area contributed by atoms with Crippen molar-refractivity contribution in [3.8, 4) is 0 Å². The molecular formula is C33H44N4O5S2. The molecule has 2 aromatic carbocycles. The highest BCUT2D eigenvalue weighted by atomic mass is 32.2. The molecule has 1 fully saturated rings. The second kappa shape index (κ2) is 13.8. The van der Waals surface area contributed by atoms with E-state index in [9.17, 15) is 18.0 Å². The molecule has 1 aliphatic rings. The molecule has 238 valence electrons. The van der Waals surface area contributed by atoms with E-state index in [1.807, 2.05) is 41.3 Å². The smallest absolute Gasteiger partial charge is 0.350 e. The first-order valence-electron chi connectivity index (χ1n) is 15.1. The van der Waals surface area contributed by atoms with Crippen LogP contribution >= 0.6 is 11.3 Å². The average molecular weight is 641 g/mol. The Morgan fingerprint density at radius 3 is 2.27 bits per heavy atom. The molecule has 11 heteroatoms. The van der Waals surface area contributed by atoms with E-state index in [0.29, 0.717) is 28.2 Å². The van der Waals surface area contributed by atoms with Crippen molar-refractivity contribution < 1.29 is 22.7 Å². The van der Waals surface area contributed by atoms with Gasteiger partial charge in [-0.1, -0.05) is 74.9 Å². The minimum atomic E-state index is -3.97. The number of rotatable bonds is 10. The van der Waals surface area contributed by atoms with Crippen LogP contribution in [0.25, 0.3) is 0 Å². The zero-order valence-corrected chi connectivity index (χ0v) is 28.3. The number of nitrogens with zero attached hydrogens (tertiary/aromatic N) is 3. The van der Waals surface area contributed by atoms with Crippen LogP contribution in [0.4, 0.5) is 5.13 Å². The molecule has 1 amide bonds. The molecule has 0 radical (unpaired) electrons. The van der Waals surface area contributed by atoms with Crippen molar-refractivity contribution in [2.75, 3.05) is 24.5 Å². The molecule has 2 heterocycles. The molecule has 0 aliphatic carbocycles. The number of carbonyl (C=O) groups is 2. The number of esters is 1. The van der Waals surface area contributed by atoms with Crippen molar-refractivity contribution in [3.63, 3.8) is 0 Å². The van der Waals surface area contributed by atoms with Gasteiger partial charge in [-0.05, 0) is 68.9 Å². The molecule has 0 spiro atoms. The van der Waals surface area contributed by atoms with Gasteiger partial charge in [-0.25, -0.2) is 18.2 Å². The number of amides is 1. The van der Waals surface area contributed by atoms with Crippen molar-refractivity contribution >= 4 is 38.4 Å². The summed E-state index contributed by atoms with van der Waals surface area (Å²) in [7, 11) is -3.97. The number of nitrogens with one attached hydrogen (secondary N) is 1. The molecule has 1 atom stereocenters. The third-order valence-electron chi connectivity index (χ3n) is 7.46. The van der Waals surface area contributed by atoms with Gasteiger partial charge in [0.05, 0.1) is 10.6 Å². The highest BCUT2D eigenvalue weighted by Gasteiger charge is 2.41. The standard InChI is InChI=1S/C33H44N4O5S2/c1-8-9-24-12-16-27(17-13-24)44(40,41)37-19-18-36(32-35-23(4)29(43-32)31(39)42-33(5,6)7)21-28(37)30(38)34-20-25-10-14-26(15-11-25)22(2)3/h10-17,22,28H,8-9,18-21H2,1-7H3,(H,34,38)/t28-/m1/s1. The van der Waals surface area contributed by atoms with Crippen LogP contribution < -0.4 is 10.2 Å². The SMILES string of the molecule is CCCc1ccc(S(=O)(=O)N2CCN(c3nc(C)c(C(=O)OC(C)(C)C)s3)C[C@@H]2C(=O)NCc2ccc(C(C)C)cc2)cc1. The van der Waals surface area contributed by atoms with Crippen LogP contribution in [0.5, 0.6) is 0 Å². The van der Waals surface area contributed by atoms with Gasteiger partial charge in [-0.2, -0.15) is 4.31 Å². The lowest BCUT2D eigenvalue weighted by atomic mass is 10.0. The first-order valence-corrected chi connectivity index (χ1v) is 17.4. The fourth-order valence-electron chi connectivity index (χ4n) is 5.05. The zero-order chi connectivity index (χ0) is 32.2. The molecule has 0 saturated carbocycles. The molecule has 3 aromatic rings. The molecule has 9 nitrogen and oxygen atoms in total. The second-order valence-corrected chi connectivity index (χ2v) is 15.4. The summed E-state index contributed by atoms with van der Waals surface area (Å²) in [5, 5.41) is 3.51. The summed E-state index contributed by atoms with van der Waals surface area (Å²) in [5.41, 5.74) is 3.07. The van der Waals surface area contributed by atoms with E-state index in [0.717, 1.165) is 24.0 Å².